The van der Waals surface area contributed by atoms with Crippen LogP contribution >= 0.6 is 0 Å². The summed E-state index contributed by atoms with van der Waals surface area (Å²) < 4.78 is 0. The zero-order chi connectivity index (χ0) is 13.5. The fraction of sp³-hybridized carbons (Fsp3) is 0.125. The first kappa shape index (κ1) is 13.8. The molecule has 1 rings (SSSR count). The number of para-hydroxylation sites is 1. The maximum absolute atomic E-state index is 5.88. The normalized spacial score (nSPS) is 12.1. The molecule has 3 N–H and O–H groups in total. The van der Waals surface area contributed by atoms with Crippen molar-refractivity contribution in [3.05, 3.63) is 78.2 Å². The fourth-order valence-corrected chi connectivity index (χ4v) is 1.49. The minimum atomic E-state index is 0.651. The van der Waals surface area contributed by atoms with Gasteiger partial charge in [0.1, 0.15) is 0 Å². The monoisotopic (exact) mass is 240 g/mol. The smallest absolute Gasteiger partial charge is 0.0413 e. The first-order chi connectivity index (χ1) is 8.52. The van der Waals surface area contributed by atoms with Crippen LogP contribution in [0.4, 0.5) is 5.69 Å². The van der Waals surface area contributed by atoms with Gasteiger partial charge < -0.3 is 11.1 Å². The van der Waals surface area contributed by atoms with E-state index >= 15 is 0 Å². The molecule has 0 bridgehead atoms. The van der Waals surface area contributed by atoms with Crippen LogP contribution in [0.2, 0.25) is 0 Å². The van der Waals surface area contributed by atoms with Crippen molar-refractivity contribution >= 4 is 5.69 Å². The maximum atomic E-state index is 5.88. The molecule has 0 spiro atoms. The lowest BCUT2D eigenvalue weighted by Crippen LogP contribution is -2.01. The van der Waals surface area contributed by atoms with E-state index in [1.54, 1.807) is 12.2 Å². The molecule has 0 radical (unpaired) electrons. The molecule has 0 atom stereocenters. The number of hydrogen-bond donors (Lipinski definition) is 2. The molecule has 18 heavy (non-hydrogen) atoms. The van der Waals surface area contributed by atoms with Gasteiger partial charge in [0.15, 0.2) is 0 Å². The largest absolute Gasteiger partial charge is 0.399 e. The van der Waals surface area contributed by atoms with Crippen molar-refractivity contribution in [2.24, 2.45) is 5.73 Å². The van der Waals surface area contributed by atoms with Gasteiger partial charge in [0.05, 0.1) is 0 Å². The number of hydrogen-bond acceptors (Lipinski definition) is 2. The quantitative estimate of drug-likeness (QED) is 0.766. The third kappa shape index (κ3) is 4.34. The second-order valence-electron chi connectivity index (χ2n) is 4.20. The Hall–Kier alpha value is -2.22. The Kier molecular flexibility index (Phi) is 5.00. The number of aryl methyl sites for hydroxylation is 1. The van der Waals surface area contributed by atoms with Gasteiger partial charge in [0, 0.05) is 17.1 Å². The number of allylic oxidation sites excluding steroid dienone is 4. The molecule has 0 aliphatic carbocycles. The molecule has 0 heterocycles. The predicted molar refractivity (Wildman–Crippen MR) is 80.2 cm³/mol. The third-order valence-electron chi connectivity index (χ3n) is 2.50. The molecule has 0 aliphatic rings. The average Bonchev–Trinajstić information content (AvgIpc) is 2.31. The summed E-state index contributed by atoms with van der Waals surface area (Å²) in [5.74, 6) is 0. The Morgan fingerprint density at radius 2 is 1.94 bits per heavy atom. The lowest BCUT2D eigenvalue weighted by molar-refractivity contribution is 1.34. The molecule has 0 aromatic heterocycles. The van der Waals surface area contributed by atoms with E-state index in [4.69, 9.17) is 5.73 Å². The molecule has 1 aromatic carbocycles. The number of nitrogens with one attached hydrogen (secondary N) is 1. The number of nitrogens with two attached hydrogens (primary N) is 1. The lowest BCUT2D eigenvalue weighted by atomic mass is 10.2. The van der Waals surface area contributed by atoms with Gasteiger partial charge >= 0.3 is 0 Å². The van der Waals surface area contributed by atoms with Crippen LogP contribution < -0.4 is 11.1 Å². The Morgan fingerprint density at radius 1 is 1.28 bits per heavy atom. The van der Waals surface area contributed by atoms with Gasteiger partial charge in [-0.15, -0.1) is 0 Å². The molecule has 0 fully saturated rings. The van der Waals surface area contributed by atoms with Crippen LogP contribution in [0.25, 0.3) is 0 Å². The van der Waals surface area contributed by atoms with E-state index in [0.717, 1.165) is 17.0 Å². The van der Waals surface area contributed by atoms with Crippen molar-refractivity contribution < 1.29 is 0 Å². The summed E-state index contributed by atoms with van der Waals surface area (Å²) in [4.78, 5) is 0. The first-order valence-corrected chi connectivity index (χ1v) is 5.82. The summed E-state index contributed by atoms with van der Waals surface area (Å²) in [5.41, 5.74) is 10.5. The molecular weight excluding hydrogens is 220 g/mol. The van der Waals surface area contributed by atoms with Crippen LogP contribution in [0.15, 0.2) is 72.6 Å². The van der Waals surface area contributed by atoms with Crippen molar-refractivity contribution in [1.29, 1.82) is 0 Å². The number of rotatable bonds is 5. The van der Waals surface area contributed by atoms with E-state index < -0.39 is 0 Å². The fourth-order valence-electron chi connectivity index (χ4n) is 1.49. The topological polar surface area (TPSA) is 38.0 Å². The molecule has 0 aliphatic heterocycles. The lowest BCUT2D eigenvalue weighted by Gasteiger charge is -2.09. The molecule has 0 saturated carbocycles. The van der Waals surface area contributed by atoms with E-state index in [-0.39, 0.29) is 0 Å². The van der Waals surface area contributed by atoms with Gasteiger partial charge in [-0.1, -0.05) is 37.4 Å². The van der Waals surface area contributed by atoms with E-state index in [1.165, 1.54) is 5.56 Å². The summed E-state index contributed by atoms with van der Waals surface area (Å²) in [7, 11) is 0. The van der Waals surface area contributed by atoms with Crippen LogP contribution in [0.3, 0.4) is 0 Å². The Morgan fingerprint density at radius 3 is 2.56 bits per heavy atom. The van der Waals surface area contributed by atoms with Crippen molar-refractivity contribution in [2.45, 2.75) is 13.8 Å². The third-order valence-corrected chi connectivity index (χ3v) is 2.50. The summed E-state index contributed by atoms with van der Waals surface area (Å²) in [6.07, 6.45) is 5.43. The Balaban J connectivity index is 2.76. The molecule has 0 unspecified atom stereocenters. The van der Waals surface area contributed by atoms with Gasteiger partial charge in [0.2, 0.25) is 0 Å². The van der Waals surface area contributed by atoms with Crippen molar-refractivity contribution in [3.8, 4) is 0 Å². The molecule has 0 amide bonds. The summed E-state index contributed by atoms with van der Waals surface area (Å²) in [6, 6.07) is 8.04. The maximum Gasteiger partial charge on any atom is 0.0413 e. The molecule has 2 nitrogen and oxygen atoms in total. The molecule has 94 valence electrons. The molecule has 2 heteroatoms. The van der Waals surface area contributed by atoms with Gasteiger partial charge in [-0.3, -0.25) is 0 Å². The Bertz CT molecular complexity index is 508. The highest BCUT2D eigenvalue weighted by Gasteiger charge is 1.97. The van der Waals surface area contributed by atoms with Gasteiger partial charge in [-0.05, 0) is 43.2 Å². The van der Waals surface area contributed by atoms with Crippen LogP contribution in [0.1, 0.15) is 12.5 Å². The van der Waals surface area contributed by atoms with Crippen LogP contribution in [0.5, 0.6) is 0 Å². The van der Waals surface area contributed by atoms with E-state index in [2.05, 4.69) is 18.5 Å². The number of benzene rings is 1. The van der Waals surface area contributed by atoms with Crippen molar-refractivity contribution in [3.63, 3.8) is 0 Å². The Labute approximate surface area is 109 Å². The summed E-state index contributed by atoms with van der Waals surface area (Å²) in [5, 5.41) is 3.23. The van der Waals surface area contributed by atoms with E-state index in [1.807, 2.05) is 44.2 Å². The molecule has 1 aromatic rings. The van der Waals surface area contributed by atoms with Crippen LogP contribution in [0, 0.1) is 6.92 Å². The second-order valence-corrected chi connectivity index (χ2v) is 4.20. The standard InChI is InChI=1S/C16H20N2/c1-5-12(2)10-15(17)11-14(4)18-16-9-7-6-8-13(16)3/h5-11,18H,1,4,17H2,2-3H3/b12-10+,15-11+. The highest BCUT2D eigenvalue weighted by Crippen LogP contribution is 2.15. The minimum absolute atomic E-state index is 0.651. The van der Waals surface area contributed by atoms with Crippen LogP contribution in [-0.2, 0) is 0 Å². The molecular formula is C16H20N2. The SMILES string of the molecule is C=C/C(C)=C/C(N)=C\C(=C)Nc1ccccc1C. The highest BCUT2D eigenvalue weighted by molar-refractivity contribution is 5.56. The summed E-state index contributed by atoms with van der Waals surface area (Å²) in [6.45, 7) is 11.6. The minimum Gasteiger partial charge on any atom is -0.399 e. The van der Waals surface area contributed by atoms with E-state index in [9.17, 15) is 0 Å². The van der Waals surface area contributed by atoms with Crippen molar-refractivity contribution in [2.75, 3.05) is 5.32 Å². The summed E-state index contributed by atoms with van der Waals surface area (Å²) >= 11 is 0. The first-order valence-electron chi connectivity index (χ1n) is 5.82. The van der Waals surface area contributed by atoms with Gasteiger partial charge in [0.25, 0.3) is 0 Å². The van der Waals surface area contributed by atoms with Gasteiger partial charge in [-0.2, -0.15) is 0 Å². The number of anilines is 1. The predicted octanol–water partition coefficient (Wildman–Crippen LogP) is 3.90. The average molecular weight is 240 g/mol. The zero-order valence-electron chi connectivity index (χ0n) is 11.0. The van der Waals surface area contributed by atoms with Gasteiger partial charge in [-0.25, -0.2) is 0 Å². The zero-order valence-corrected chi connectivity index (χ0v) is 11.0. The van der Waals surface area contributed by atoms with Crippen LogP contribution in [-0.4, -0.2) is 0 Å². The second kappa shape index (κ2) is 6.50. The van der Waals surface area contributed by atoms with E-state index in [0.29, 0.717) is 5.70 Å². The highest BCUT2D eigenvalue weighted by atomic mass is 14.9. The molecule has 0 saturated heterocycles. The van der Waals surface area contributed by atoms with Crippen molar-refractivity contribution in [1.82, 2.24) is 0 Å².